The molecule has 9 N–H and O–H groups in total. The normalized spacial score (nSPS) is 10.9. The molecule has 0 saturated heterocycles. The van der Waals surface area contributed by atoms with Crippen LogP contribution in [0.3, 0.4) is 0 Å². The van der Waals surface area contributed by atoms with E-state index in [2.05, 4.69) is 80.1 Å². The lowest BCUT2D eigenvalue weighted by molar-refractivity contribution is -0.386. The van der Waals surface area contributed by atoms with Crippen LogP contribution in [-0.2, 0) is 42.7 Å². The fraction of sp³-hybridized carbons (Fsp3) is 0.340. The number of ether oxygens (including phenoxy) is 9. The molecule has 0 atom stereocenters. The molecule has 0 fully saturated rings. The number of methoxy groups -OCH3 is 4. The number of phenolic OH excluding ortho intramolecular Hbond substituents is 1. The topological polar surface area (TPSA) is 630 Å². The molecule has 147 heavy (non-hydrogen) atoms. The van der Waals surface area contributed by atoms with Gasteiger partial charge in [0.25, 0.3) is 10.1 Å². The summed E-state index contributed by atoms with van der Waals surface area (Å²) >= 11 is 5.28. The summed E-state index contributed by atoms with van der Waals surface area (Å²) in [6.45, 7) is 15.0. The second-order valence-electron chi connectivity index (χ2n) is 33.1. The first-order chi connectivity index (χ1) is 70.0. The number of anilines is 5. The van der Waals surface area contributed by atoms with Crippen molar-refractivity contribution in [1.82, 2.24) is 39.9 Å². The molecule has 12 rings (SSSR count). The Bertz CT molecular complexity index is 6620. The van der Waals surface area contributed by atoms with Crippen LogP contribution >= 0.6 is 45.3 Å². The van der Waals surface area contributed by atoms with Crippen molar-refractivity contribution in [3.05, 3.63) is 243 Å². The van der Waals surface area contributed by atoms with Crippen molar-refractivity contribution in [3.8, 4) is 65.3 Å². The number of hydrogen-bond donors (Lipinski definition) is 8. The zero-order valence-electron chi connectivity index (χ0n) is 81.8. The van der Waals surface area contributed by atoms with E-state index < -0.39 is 95.3 Å². The van der Waals surface area contributed by atoms with Gasteiger partial charge in [0.2, 0.25) is 0 Å². The molecular weight excluding hydrogens is 2010 g/mol. The molecule has 0 amide bonds. The van der Waals surface area contributed by atoms with E-state index in [9.17, 15) is 77.1 Å². The molecule has 0 aliphatic rings. The second kappa shape index (κ2) is 58.1. The molecule has 0 bridgehead atoms. The van der Waals surface area contributed by atoms with Gasteiger partial charge >= 0.3 is 64.8 Å². The standard InChI is InChI=1S/C26H30N4O7S.C22H22N4O7S.C22H24N4O5S.C19H27N3O5S2.C8H7NO5/c1-26(2,3)37-25(32)19-16-38-23(29-19)17-10-12-28-22(15-17)27-11-6-5-7-13-36-21-9-8-18(24(31)35-4)14-20(21)30(33)34;1-32-22(29)15-5-6-18(17(11-15)26(30)31)33-10-4-2-3-8-23-19-12-14(7-9-24-19)20-25-16(13-34-20)21(27)28;1-30-22(29)15-5-6-18(16(23)11-15)31-10-4-2-3-8-24-19-12-14(7-9-25-19)20-26-17(13-32-20)21(27)28;1-19(2,3)27-18(23)15-13-28-17(22-15)14-8-10-21-16(12-14)20-9-6-5-7-11-26-29(4,24)25;1-14-8(11)5-2-3-7(10)6(4-5)9(12)13/h8-10,12,14-16H,5-7,11,13H2,1-4H3,(H,27,28);5-7,9,11-13H,2-4,8,10H2,1H3,(H,23,24)(H,27,28);5-7,9,11-13H,2-4,8,10,23H2,1H3,(H,24,25)(H,27,28);8,10,12-13H,5-7,9,11H2,1-4H3,(H,20,21);2-4,10H,1H3. The Kier molecular flexibility index (Phi) is 46.0. The van der Waals surface area contributed by atoms with Gasteiger partial charge in [-0.3, -0.25) is 34.5 Å². The van der Waals surface area contributed by atoms with Gasteiger partial charge in [0.15, 0.2) is 40.0 Å². The predicted molar refractivity (Wildman–Crippen MR) is 549 cm³/mol. The lowest BCUT2D eigenvalue weighted by Crippen LogP contribution is -2.24. The van der Waals surface area contributed by atoms with Gasteiger partial charge in [-0.2, -0.15) is 8.42 Å². The van der Waals surface area contributed by atoms with Crippen LogP contribution < -0.4 is 41.2 Å². The third kappa shape index (κ3) is 40.0. The molecule has 0 unspecified atom stereocenters. The van der Waals surface area contributed by atoms with E-state index in [0.29, 0.717) is 125 Å². The number of nitro benzene ring substituents is 3. The number of nitrogen functional groups attached to an aromatic ring is 1. The Morgan fingerprint density at radius 2 is 0.653 bits per heavy atom. The number of pyridine rings is 4. The first kappa shape index (κ1) is 116. The van der Waals surface area contributed by atoms with Crippen molar-refractivity contribution in [2.45, 2.75) is 130 Å². The Balaban J connectivity index is 0.000000229. The summed E-state index contributed by atoms with van der Waals surface area (Å²) in [5.74, 6) is -2.38. The van der Waals surface area contributed by atoms with E-state index in [0.717, 1.165) is 117 Å². The summed E-state index contributed by atoms with van der Waals surface area (Å²) < 4.78 is 72.2. The summed E-state index contributed by atoms with van der Waals surface area (Å²) in [6, 6.07) is 30.7. The van der Waals surface area contributed by atoms with Crippen LogP contribution in [-0.4, -0.2) is 225 Å². The van der Waals surface area contributed by atoms with E-state index in [-0.39, 0.29) is 63.3 Å². The van der Waals surface area contributed by atoms with Crippen LogP contribution in [0.1, 0.15) is 202 Å². The number of aromatic hydroxyl groups is 1. The van der Waals surface area contributed by atoms with Crippen LogP contribution in [0.5, 0.6) is 23.0 Å². The summed E-state index contributed by atoms with van der Waals surface area (Å²) in [5.41, 5.74) is 8.62. The lowest BCUT2D eigenvalue weighted by atomic mass is 10.2. The number of aromatic nitrogens is 8. The molecule has 8 aromatic heterocycles. The maximum atomic E-state index is 12.2. The summed E-state index contributed by atoms with van der Waals surface area (Å²) in [7, 11) is 1.55. The van der Waals surface area contributed by atoms with Crippen molar-refractivity contribution in [3.63, 3.8) is 0 Å². The minimum absolute atomic E-state index is 0.0123. The number of benzene rings is 4. The van der Waals surface area contributed by atoms with Gasteiger partial charge in [0.1, 0.15) is 60.3 Å². The van der Waals surface area contributed by atoms with E-state index in [1.54, 1.807) is 65.9 Å². The summed E-state index contributed by atoms with van der Waals surface area (Å²) in [4.78, 5) is 157. The van der Waals surface area contributed by atoms with Crippen LogP contribution in [0, 0.1) is 30.3 Å². The Labute approximate surface area is 860 Å². The van der Waals surface area contributed by atoms with Gasteiger partial charge < -0.3 is 85.0 Å². The number of carboxylic acid groups (broad SMARTS) is 2. The monoisotopic (exact) mass is 2120 g/mol. The van der Waals surface area contributed by atoms with Gasteiger partial charge in [-0.15, -0.1) is 45.3 Å². The third-order valence-corrected chi connectivity index (χ3v) is 23.6. The zero-order chi connectivity index (χ0) is 107. The van der Waals surface area contributed by atoms with Crippen molar-refractivity contribution < 1.29 is 124 Å². The highest BCUT2D eigenvalue weighted by Crippen LogP contribution is 2.35. The van der Waals surface area contributed by atoms with Gasteiger partial charge in [-0.05, 0) is 222 Å². The van der Waals surface area contributed by atoms with Gasteiger partial charge in [-0.1, -0.05) is 0 Å². The number of carbonyl (C=O) groups is 8. The van der Waals surface area contributed by atoms with E-state index in [4.69, 9.17) is 48.9 Å². The third-order valence-electron chi connectivity index (χ3n) is 19.5. The molecule has 50 heteroatoms. The zero-order valence-corrected chi connectivity index (χ0v) is 85.9. The number of carbonyl (C=O) groups excluding carboxylic acids is 6. The molecule has 12 aromatic rings. The van der Waals surface area contributed by atoms with Crippen molar-refractivity contribution in [2.75, 3.05) is 114 Å². The number of nitro groups is 3. The number of nitrogens with two attached hydrogens (primary N) is 1. The van der Waals surface area contributed by atoms with E-state index in [1.165, 1.54) is 115 Å². The molecule has 0 aliphatic carbocycles. The maximum Gasteiger partial charge on any atom is 0.358 e. The van der Waals surface area contributed by atoms with E-state index in [1.807, 2.05) is 77.9 Å². The lowest BCUT2D eigenvalue weighted by Gasteiger charge is -2.18. The Morgan fingerprint density at radius 3 is 0.939 bits per heavy atom. The number of nitrogens with zero attached hydrogens (tertiary/aromatic N) is 11. The molecule has 45 nitrogen and oxygen atoms in total. The molecule has 782 valence electrons. The molecular formula is C97H110N16O29S5. The molecule has 4 aromatic carbocycles. The highest BCUT2D eigenvalue weighted by Gasteiger charge is 2.27. The Morgan fingerprint density at radius 1 is 0.374 bits per heavy atom. The largest absolute Gasteiger partial charge is 0.502 e. The number of aromatic carboxylic acids is 2. The number of thiazole rings is 4. The average Bonchev–Trinajstić information content (AvgIpc) is 1.04. The maximum absolute atomic E-state index is 12.2. The fourth-order valence-electron chi connectivity index (χ4n) is 12.4. The molecule has 0 spiro atoms. The van der Waals surface area contributed by atoms with Crippen LogP contribution in [0.2, 0.25) is 0 Å². The number of rotatable bonds is 47. The first-order valence-electron chi connectivity index (χ1n) is 45.1. The fourth-order valence-corrected chi connectivity index (χ4v) is 16.0. The van der Waals surface area contributed by atoms with Crippen LogP contribution in [0.4, 0.5) is 46.0 Å². The number of unbranched alkanes of at least 4 members (excludes halogenated alkanes) is 8. The van der Waals surface area contributed by atoms with Crippen molar-refractivity contribution >= 4 is 149 Å². The first-order valence-corrected chi connectivity index (χ1v) is 50.4. The number of esters is 6. The molecule has 0 saturated carbocycles. The van der Waals surface area contributed by atoms with Gasteiger partial charge in [0, 0.05) is 113 Å². The summed E-state index contributed by atoms with van der Waals surface area (Å²) in [6.07, 6.45) is 17.5. The van der Waals surface area contributed by atoms with Gasteiger partial charge in [0.05, 0.1) is 104 Å². The molecule has 0 aliphatic heterocycles. The number of phenols is 1. The number of hydrogen-bond acceptors (Lipinski definition) is 44. The average molecular weight is 2120 g/mol. The predicted octanol–water partition coefficient (Wildman–Crippen LogP) is 18.5. The highest BCUT2D eigenvalue weighted by molar-refractivity contribution is 7.86. The van der Waals surface area contributed by atoms with Crippen molar-refractivity contribution in [2.24, 2.45) is 0 Å². The number of carboxylic acids is 2. The highest BCUT2D eigenvalue weighted by atomic mass is 32.2. The van der Waals surface area contributed by atoms with Crippen LogP contribution in [0.25, 0.3) is 42.3 Å². The SMILES string of the molecule is CC(C)(C)OC(=O)c1csc(-c2ccnc(NCCCCCOS(C)(=O)=O)c2)n1.COC(=O)c1ccc(O)c([N+](=O)[O-])c1.COC(=O)c1ccc(OCCCCCNc2cc(-c3nc(C(=O)O)cs3)ccn2)c(N)c1.COC(=O)c1ccc(OCCCCCNc2cc(-c3nc(C(=O)O)cs3)ccn2)c([N+](=O)[O-])c1.COC(=O)c1ccc(OCCCCCNc2cc(-c3nc(C(=O)OC(C)(C)C)cs3)ccn2)c([N+](=O)[O-])c1. The minimum atomic E-state index is -3.36. The second-order valence-corrected chi connectivity index (χ2v) is 38.1. The Hall–Kier alpha value is -15.9. The molecule has 8 heterocycles. The smallest absolute Gasteiger partial charge is 0.358 e. The van der Waals surface area contributed by atoms with Crippen molar-refractivity contribution in [1.29, 1.82) is 0 Å². The number of nitrogens with one attached hydrogen (secondary N) is 4. The van der Waals surface area contributed by atoms with Crippen LogP contribution in [0.15, 0.2) is 168 Å². The molecule has 0 radical (unpaired) electrons. The minimum Gasteiger partial charge on any atom is -0.502 e. The van der Waals surface area contributed by atoms with Gasteiger partial charge in [-0.25, -0.2) is 78.2 Å². The van der Waals surface area contributed by atoms with E-state index >= 15 is 0 Å². The summed E-state index contributed by atoms with van der Waals surface area (Å²) in [5, 5.41) is 82.1. The quantitative estimate of drug-likeness (QED) is 0.00334.